The van der Waals surface area contributed by atoms with Crippen LogP contribution in [0.15, 0.2) is 0 Å². The molecule has 0 aliphatic heterocycles. The fourth-order valence-corrected chi connectivity index (χ4v) is 1.60. The third-order valence-electron chi connectivity index (χ3n) is 2.38. The van der Waals surface area contributed by atoms with Gasteiger partial charge in [-0.3, -0.25) is 9.59 Å². The first kappa shape index (κ1) is 18.3. The van der Waals surface area contributed by atoms with Crippen molar-refractivity contribution < 1.29 is 9.59 Å². The van der Waals surface area contributed by atoms with Crippen LogP contribution < -0.4 is 10.6 Å². The van der Waals surface area contributed by atoms with Crippen molar-refractivity contribution in [1.82, 2.24) is 10.6 Å². The summed E-state index contributed by atoms with van der Waals surface area (Å²) in [5.41, 5.74) is -0.211. The van der Waals surface area contributed by atoms with Gasteiger partial charge in [-0.15, -0.1) is 0 Å². The lowest BCUT2D eigenvalue weighted by atomic mass is 10.1. The Morgan fingerprint density at radius 3 is 2.00 bits per heavy atom. The molecule has 4 nitrogen and oxygen atoms in total. The van der Waals surface area contributed by atoms with E-state index in [-0.39, 0.29) is 22.1 Å². The Kier molecular flexibility index (Phi) is 7.49. The van der Waals surface area contributed by atoms with Crippen molar-refractivity contribution in [2.75, 3.05) is 6.54 Å². The maximum atomic E-state index is 11.5. The lowest BCUT2D eigenvalue weighted by Crippen LogP contribution is -2.40. The Hall–Kier alpha value is -0.710. The molecule has 0 heterocycles. The van der Waals surface area contributed by atoms with Crippen molar-refractivity contribution in [2.45, 2.75) is 70.6 Å². The molecule has 2 amide bonds. The van der Waals surface area contributed by atoms with Gasteiger partial charge in [-0.25, -0.2) is 0 Å². The normalized spacial score (nSPS) is 12.1. The fraction of sp³-hybridized carbons (Fsp3) is 0.857. The number of carbonyl (C=O) groups is 2. The van der Waals surface area contributed by atoms with E-state index in [0.717, 1.165) is 6.42 Å². The van der Waals surface area contributed by atoms with Gasteiger partial charge in [0.15, 0.2) is 0 Å². The zero-order valence-corrected chi connectivity index (χ0v) is 13.7. The Balaban J connectivity index is 3.67. The molecule has 0 radical (unpaired) electrons. The third-order valence-corrected chi connectivity index (χ3v) is 2.60. The molecule has 0 aliphatic rings. The van der Waals surface area contributed by atoms with Gasteiger partial charge in [0.2, 0.25) is 11.8 Å². The Morgan fingerprint density at radius 2 is 1.53 bits per heavy atom. The maximum Gasteiger partial charge on any atom is 0.220 e. The molecular weight excluding hydrogens is 260 g/mol. The number of nitrogens with one attached hydrogen (secondary N) is 2. The summed E-state index contributed by atoms with van der Waals surface area (Å²) in [7, 11) is 0. The molecule has 0 fully saturated rings. The molecule has 0 saturated heterocycles. The van der Waals surface area contributed by atoms with Crippen molar-refractivity contribution >= 4 is 24.4 Å². The van der Waals surface area contributed by atoms with Crippen LogP contribution in [0, 0.1) is 0 Å². The summed E-state index contributed by atoms with van der Waals surface area (Å²) in [5, 5.41) is 5.72. The minimum absolute atomic E-state index is 0.00106. The van der Waals surface area contributed by atoms with Gasteiger partial charge < -0.3 is 10.6 Å². The molecule has 0 saturated carbocycles. The molecule has 0 aromatic carbocycles. The van der Waals surface area contributed by atoms with E-state index in [0.29, 0.717) is 25.8 Å². The first-order valence-corrected chi connectivity index (χ1v) is 7.24. The van der Waals surface area contributed by atoms with Crippen molar-refractivity contribution in [2.24, 2.45) is 0 Å². The molecule has 0 bridgehead atoms. The Labute approximate surface area is 122 Å². The lowest BCUT2D eigenvalue weighted by Gasteiger charge is -2.20. The molecule has 0 atom stereocenters. The molecule has 112 valence electrons. The third kappa shape index (κ3) is 13.5. The quantitative estimate of drug-likeness (QED) is 0.630. The van der Waals surface area contributed by atoms with Crippen LogP contribution in [-0.4, -0.2) is 28.6 Å². The number of thiol groups is 1. The average Bonchev–Trinajstić information content (AvgIpc) is 2.12. The minimum Gasteiger partial charge on any atom is -0.356 e. The van der Waals surface area contributed by atoms with Crippen molar-refractivity contribution in [3.05, 3.63) is 0 Å². The van der Waals surface area contributed by atoms with E-state index in [1.165, 1.54) is 0 Å². The molecule has 5 heteroatoms. The summed E-state index contributed by atoms with van der Waals surface area (Å²) in [4.78, 5) is 23.1. The van der Waals surface area contributed by atoms with E-state index in [1.807, 2.05) is 34.6 Å². The zero-order valence-electron chi connectivity index (χ0n) is 12.8. The summed E-state index contributed by atoms with van der Waals surface area (Å²) >= 11 is 4.39. The van der Waals surface area contributed by atoms with Gasteiger partial charge in [-0.2, -0.15) is 12.6 Å². The molecule has 0 rings (SSSR count). The first-order chi connectivity index (χ1) is 8.49. The second kappa shape index (κ2) is 7.78. The van der Waals surface area contributed by atoms with Gasteiger partial charge in [0.25, 0.3) is 0 Å². The van der Waals surface area contributed by atoms with Gasteiger partial charge in [-0.05, 0) is 33.6 Å². The SMILES string of the molecule is CC(C)(S)CCNC(=O)CCCC(=O)NC(C)(C)C. The highest BCUT2D eigenvalue weighted by Crippen LogP contribution is 2.15. The molecule has 0 aromatic heterocycles. The first-order valence-electron chi connectivity index (χ1n) is 6.80. The molecule has 0 spiro atoms. The smallest absolute Gasteiger partial charge is 0.220 e. The van der Waals surface area contributed by atoms with Gasteiger partial charge in [-0.1, -0.05) is 13.8 Å². The molecule has 0 unspecified atom stereocenters. The van der Waals surface area contributed by atoms with E-state index in [2.05, 4.69) is 23.3 Å². The molecule has 2 N–H and O–H groups in total. The topological polar surface area (TPSA) is 58.2 Å². The summed E-state index contributed by atoms with van der Waals surface area (Å²) in [5.74, 6) is -0.00191. The predicted molar refractivity (Wildman–Crippen MR) is 82.4 cm³/mol. The van der Waals surface area contributed by atoms with Crippen LogP contribution in [0.1, 0.15) is 60.3 Å². The van der Waals surface area contributed by atoms with Crippen LogP contribution in [-0.2, 0) is 9.59 Å². The van der Waals surface area contributed by atoms with Crippen LogP contribution in [0.4, 0.5) is 0 Å². The van der Waals surface area contributed by atoms with Crippen LogP contribution in [0.3, 0.4) is 0 Å². The number of hydrogen-bond acceptors (Lipinski definition) is 3. The van der Waals surface area contributed by atoms with Gasteiger partial charge in [0, 0.05) is 29.7 Å². The maximum absolute atomic E-state index is 11.5. The molecule has 0 aromatic rings. The van der Waals surface area contributed by atoms with Crippen LogP contribution in [0.5, 0.6) is 0 Å². The minimum atomic E-state index is -0.211. The van der Waals surface area contributed by atoms with E-state index >= 15 is 0 Å². The number of rotatable bonds is 7. The molecule has 19 heavy (non-hydrogen) atoms. The van der Waals surface area contributed by atoms with Crippen molar-refractivity contribution in [3.63, 3.8) is 0 Å². The average molecular weight is 288 g/mol. The van der Waals surface area contributed by atoms with Crippen molar-refractivity contribution in [1.29, 1.82) is 0 Å². The van der Waals surface area contributed by atoms with E-state index in [1.54, 1.807) is 0 Å². The van der Waals surface area contributed by atoms with E-state index in [4.69, 9.17) is 0 Å². The summed E-state index contributed by atoms with van der Waals surface area (Å²) in [6.07, 6.45) is 2.19. The molecular formula is C14H28N2O2S. The van der Waals surface area contributed by atoms with Gasteiger partial charge in [0.05, 0.1) is 0 Å². The van der Waals surface area contributed by atoms with E-state index in [9.17, 15) is 9.59 Å². The lowest BCUT2D eigenvalue weighted by molar-refractivity contribution is -0.123. The highest BCUT2D eigenvalue weighted by Gasteiger charge is 2.14. The van der Waals surface area contributed by atoms with Crippen LogP contribution in [0.2, 0.25) is 0 Å². The van der Waals surface area contributed by atoms with Crippen molar-refractivity contribution in [3.8, 4) is 0 Å². The largest absolute Gasteiger partial charge is 0.356 e. The molecule has 0 aliphatic carbocycles. The number of amides is 2. The van der Waals surface area contributed by atoms with Gasteiger partial charge >= 0.3 is 0 Å². The second-order valence-corrected chi connectivity index (χ2v) is 7.77. The summed E-state index contributed by atoms with van der Waals surface area (Å²) < 4.78 is -0.0696. The predicted octanol–water partition coefficient (Wildman–Crippen LogP) is 2.29. The Morgan fingerprint density at radius 1 is 1.00 bits per heavy atom. The highest BCUT2D eigenvalue weighted by atomic mass is 32.1. The Bertz CT molecular complexity index is 304. The zero-order chi connectivity index (χ0) is 15.1. The fourth-order valence-electron chi connectivity index (χ4n) is 1.49. The summed E-state index contributed by atoms with van der Waals surface area (Å²) in [6.45, 7) is 10.5. The standard InChI is InChI=1S/C14H28N2O2S/c1-13(2,3)16-12(18)8-6-7-11(17)15-10-9-14(4,5)19/h19H,6-10H2,1-5H3,(H,15,17)(H,16,18). The number of carbonyl (C=O) groups excluding carboxylic acids is 2. The monoisotopic (exact) mass is 288 g/mol. The van der Waals surface area contributed by atoms with E-state index < -0.39 is 0 Å². The second-order valence-electron chi connectivity index (χ2n) is 6.56. The summed E-state index contributed by atoms with van der Waals surface area (Å²) in [6, 6.07) is 0. The van der Waals surface area contributed by atoms with Crippen LogP contribution >= 0.6 is 12.6 Å². The highest BCUT2D eigenvalue weighted by molar-refractivity contribution is 7.81. The van der Waals surface area contributed by atoms with Gasteiger partial charge in [0.1, 0.15) is 0 Å². The van der Waals surface area contributed by atoms with Crippen LogP contribution in [0.25, 0.3) is 0 Å². The number of hydrogen-bond donors (Lipinski definition) is 3.